The van der Waals surface area contributed by atoms with Gasteiger partial charge >= 0.3 is 0 Å². The maximum absolute atomic E-state index is 14.1. The summed E-state index contributed by atoms with van der Waals surface area (Å²) in [4.78, 5) is 10.9. The van der Waals surface area contributed by atoms with E-state index in [-0.39, 0.29) is 18.6 Å². The van der Waals surface area contributed by atoms with Crippen molar-refractivity contribution in [3.63, 3.8) is 0 Å². The first kappa shape index (κ1) is 20.8. The summed E-state index contributed by atoms with van der Waals surface area (Å²) >= 11 is 0. The number of fused-ring (bicyclic) bond motifs is 1. The molecule has 1 unspecified atom stereocenters. The first-order chi connectivity index (χ1) is 16.1. The fourth-order valence-electron chi connectivity index (χ4n) is 3.84. The van der Waals surface area contributed by atoms with Crippen LogP contribution in [0.5, 0.6) is 11.5 Å². The predicted octanol–water partition coefficient (Wildman–Crippen LogP) is 4.67. The van der Waals surface area contributed by atoms with Gasteiger partial charge in [-0.05, 0) is 30.3 Å². The van der Waals surface area contributed by atoms with Crippen LogP contribution in [0.4, 0.5) is 15.9 Å². The predicted molar refractivity (Wildman–Crippen MR) is 124 cm³/mol. The number of rotatable bonds is 7. The molecule has 1 aliphatic rings. The number of anilines is 2. The Morgan fingerprint density at radius 2 is 1.73 bits per heavy atom. The average Bonchev–Trinajstić information content (AvgIpc) is 3.40. The lowest BCUT2D eigenvalue weighted by atomic mass is 10.1. The first-order valence-corrected chi connectivity index (χ1v) is 10.6. The molecule has 168 valence electrons. The van der Waals surface area contributed by atoms with Gasteiger partial charge in [0, 0.05) is 49.9 Å². The van der Waals surface area contributed by atoms with Crippen molar-refractivity contribution in [2.24, 2.45) is 7.05 Å². The Labute approximate surface area is 191 Å². The Balaban J connectivity index is 1.42. The minimum atomic E-state index is -0.293. The van der Waals surface area contributed by atoms with E-state index in [0.29, 0.717) is 23.7 Å². The SMILES string of the molecule is CN1c2ncccc2NC1c1cc(OCc2ccccc2F)cc(OCc2nccn2C)c1. The van der Waals surface area contributed by atoms with Gasteiger partial charge in [0.1, 0.15) is 42.5 Å². The molecule has 0 saturated carbocycles. The molecule has 1 atom stereocenters. The minimum Gasteiger partial charge on any atom is -0.489 e. The van der Waals surface area contributed by atoms with E-state index in [4.69, 9.17) is 9.47 Å². The number of aromatic nitrogens is 3. The Morgan fingerprint density at radius 1 is 0.939 bits per heavy atom. The van der Waals surface area contributed by atoms with Crippen molar-refractivity contribution in [1.82, 2.24) is 14.5 Å². The van der Waals surface area contributed by atoms with Crippen LogP contribution in [0.25, 0.3) is 0 Å². The maximum Gasteiger partial charge on any atom is 0.153 e. The summed E-state index contributed by atoms with van der Waals surface area (Å²) in [5.41, 5.74) is 2.39. The summed E-state index contributed by atoms with van der Waals surface area (Å²) in [5, 5.41) is 3.49. The third kappa shape index (κ3) is 4.32. The van der Waals surface area contributed by atoms with Crippen molar-refractivity contribution < 1.29 is 13.9 Å². The second kappa shape index (κ2) is 8.82. The number of nitrogens with zero attached hydrogens (tertiary/aromatic N) is 4. The molecular weight excluding hydrogens is 421 g/mol. The van der Waals surface area contributed by atoms with Gasteiger partial charge in [-0.2, -0.15) is 0 Å². The van der Waals surface area contributed by atoms with Crippen molar-refractivity contribution in [3.05, 3.63) is 96.0 Å². The van der Waals surface area contributed by atoms with Crippen LogP contribution in [0.1, 0.15) is 23.1 Å². The van der Waals surface area contributed by atoms with Crippen LogP contribution in [0.2, 0.25) is 0 Å². The molecular formula is C25H24FN5O2. The molecule has 0 amide bonds. The van der Waals surface area contributed by atoms with Gasteiger partial charge < -0.3 is 24.3 Å². The van der Waals surface area contributed by atoms with Gasteiger partial charge in [-0.25, -0.2) is 14.4 Å². The summed E-state index contributed by atoms with van der Waals surface area (Å²) in [5.74, 6) is 2.61. The van der Waals surface area contributed by atoms with E-state index in [1.54, 1.807) is 30.6 Å². The largest absolute Gasteiger partial charge is 0.489 e. The molecule has 3 heterocycles. The quantitative estimate of drug-likeness (QED) is 0.446. The average molecular weight is 445 g/mol. The second-order valence-corrected chi connectivity index (χ2v) is 7.89. The number of pyridine rings is 1. The Morgan fingerprint density at radius 3 is 2.45 bits per heavy atom. The van der Waals surface area contributed by atoms with Gasteiger partial charge in [0.15, 0.2) is 5.82 Å². The molecule has 0 spiro atoms. The first-order valence-electron chi connectivity index (χ1n) is 10.6. The zero-order valence-electron chi connectivity index (χ0n) is 18.4. The second-order valence-electron chi connectivity index (χ2n) is 7.89. The lowest BCUT2D eigenvalue weighted by molar-refractivity contribution is 0.279. The van der Waals surface area contributed by atoms with Crippen LogP contribution < -0.4 is 19.7 Å². The number of aryl methyl sites for hydroxylation is 1. The molecule has 1 N–H and O–H groups in total. The zero-order chi connectivity index (χ0) is 22.8. The topological polar surface area (TPSA) is 64.4 Å². The molecule has 2 aromatic carbocycles. The summed E-state index contributed by atoms with van der Waals surface area (Å²) in [6.45, 7) is 0.431. The van der Waals surface area contributed by atoms with Crippen molar-refractivity contribution in [2.45, 2.75) is 19.4 Å². The third-order valence-corrected chi connectivity index (χ3v) is 5.66. The maximum atomic E-state index is 14.1. The van der Waals surface area contributed by atoms with E-state index in [1.165, 1.54) is 6.07 Å². The molecule has 0 radical (unpaired) electrons. The van der Waals surface area contributed by atoms with Crippen LogP contribution in [-0.4, -0.2) is 21.6 Å². The van der Waals surface area contributed by atoms with Crippen LogP contribution in [0, 0.1) is 5.82 Å². The normalized spacial score (nSPS) is 14.6. The van der Waals surface area contributed by atoms with E-state index in [0.717, 1.165) is 22.9 Å². The molecule has 4 aromatic rings. The van der Waals surface area contributed by atoms with Crippen molar-refractivity contribution in [2.75, 3.05) is 17.3 Å². The van der Waals surface area contributed by atoms with Crippen molar-refractivity contribution in [3.8, 4) is 11.5 Å². The summed E-state index contributed by atoms with van der Waals surface area (Å²) < 4.78 is 28.0. The van der Waals surface area contributed by atoms with E-state index in [9.17, 15) is 4.39 Å². The smallest absolute Gasteiger partial charge is 0.153 e. The number of ether oxygens (including phenoxy) is 2. The number of halogens is 1. The highest BCUT2D eigenvalue weighted by Crippen LogP contribution is 2.40. The highest BCUT2D eigenvalue weighted by Gasteiger charge is 2.28. The number of hydrogen-bond acceptors (Lipinski definition) is 6. The molecule has 0 bridgehead atoms. The molecule has 7 nitrogen and oxygen atoms in total. The molecule has 33 heavy (non-hydrogen) atoms. The van der Waals surface area contributed by atoms with Gasteiger partial charge in [0.2, 0.25) is 0 Å². The fourth-order valence-corrected chi connectivity index (χ4v) is 3.84. The molecule has 5 rings (SSSR count). The molecule has 2 aromatic heterocycles. The number of nitrogens with one attached hydrogen (secondary N) is 1. The van der Waals surface area contributed by atoms with E-state index < -0.39 is 0 Å². The third-order valence-electron chi connectivity index (χ3n) is 5.66. The van der Waals surface area contributed by atoms with Gasteiger partial charge in [-0.3, -0.25) is 0 Å². The Hall–Kier alpha value is -4.07. The molecule has 8 heteroatoms. The highest BCUT2D eigenvalue weighted by molar-refractivity contribution is 5.72. The van der Waals surface area contributed by atoms with Gasteiger partial charge in [0.25, 0.3) is 0 Å². The van der Waals surface area contributed by atoms with Crippen molar-refractivity contribution in [1.29, 1.82) is 0 Å². The Kier molecular flexibility index (Phi) is 5.56. The lowest BCUT2D eigenvalue weighted by Gasteiger charge is -2.23. The molecule has 0 saturated heterocycles. The fraction of sp³-hybridized carbons (Fsp3) is 0.200. The number of benzene rings is 2. The lowest BCUT2D eigenvalue weighted by Crippen LogP contribution is -2.24. The summed E-state index contributed by atoms with van der Waals surface area (Å²) in [6, 6.07) is 16.2. The summed E-state index contributed by atoms with van der Waals surface area (Å²) in [6.07, 6.45) is 5.23. The van der Waals surface area contributed by atoms with Gasteiger partial charge in [0.05, 0.1) is 5.69 Å². The van der Waals surface area contributed by atoms with Gasteiger partial charge in [-0.15, -0.1) is 0 Å². The minimum absolute atomic E-state index is 0.116. The molecule has 0 fully saturated rings. The van der Waals surface area contributed by atoms with Crippen LogP contribution >= 0.6 is 0 Å². The van der Waals surface area contributed by atoms with E-state index in [1.807, 2.05) is 55.2 Å². The van der Waals surface area contributed by atoms with Gasteiger partial charge in [-0.1, -0.05) is 18.2 Å². The number of imidazole rings is 1. The molecule has 0 aliphatic carbocycles. The van der Waals surface area contributed by atoms with Crippen LogP contribution in [0.15, 0.2) is 73.2 Å². The highest BCUT2D eigenvalue weighted by atomic mass is 19.1. The Bertz CT molecular complexity index is 1280. The standard InChI is InChI=1S/C25H24FN5O2/c1-30-11-10-27-23(30)16-33-20-13-18(24-29-22-8-5-9-28-25(22)31(24)2)12-19(14-20)32-15-17-6-3-4-7-21(17)26/h3-14,24,29H,15-16H2,1-2H3. The van der Waals surface area contributed by atoms with Crippen molar-refractivity contribution >= 4 is 11.5 Å². The van der Waals surface area contributed by atoms with Crippen LogP contribution in [0.3, 0.4) is 0 Å². The van der Waals surface area contributed by atoms with E-state index >= 15 is 0 Å². The zero-order valence-corrected chi connectivity index (χ0v) is 18.4. The number of hydrogen-bond donors (Lipinski definition) is 1. The molecule has 1 aliphatic heterocycles. The van der Waals surface area contributed by atoms with E-state index in [2.05, 4.69) is 20.2 Å². The summed E-state index contributed by atoms with van der Waals surface area (Å²) in [7, 11) is 3.91. The monoisotopic (exact) mass is 445 g/mol. The van der Waals surface area contributed by atoms with Crippen LogP contribution in [-0.2, 0) is 20.3 Å².